The van der Waals surface area contributed by atoms with Crippen LogP contribution in [0.4, 0.5) is 0 Å². The van der Waals surface area contributed by atoms with Gasteiger partial charge in [-0.1, -0.05) is 18.2 Å². The molecule has 18 heavy (non-hydrogen) atoms. The monoisotopic (exact) mass is 268 g/mol. The van der Waals surface area contributed by atoms with E-state index in [9.17, 15) is 8.42 Å². The Morgan fingerprint density at radius 1 is 1.39 bits per heavy atom. The van der Waals surface area contributed by atoms with Gasteiger partial charge in [-0.3, -0.25) is 0 Å². The molecule has 1 N–H and O–H groups in total. The first-order valence-electron chi connectivity index (χ1n) is 5.53. The number of hydrogen-bond acceptors (Lipinski definition) is 4. The Labute approximate surface area is 107 Å². The first-order chi connectivity index (χ1) is 8.59. The van der Waals surface area contributed by atoms with Crippen LogP contribution in [0.25, 0.3) is 0 Å². The van der Waals surface area contributed by atoms with Gasteiger partial charge >= 0.3 is 0 Å². The molecule has 1 aromatic carbocycles. The maximum Gasteiger partial charge on any atom is 0.215 e. The predicted octanol–water partition coefficient (Wildman–Crippen LogP) is 1.01. The van der Waals surface area contributed by atoms with Gasteiger partial charge in [-0.05, 0) is 18.1 Å². The van der Waals surface area contributed by atoms with Crippen LogP contribution in [0, 0.1) is 11.3 Å². The van der Waals surface area contributed by atoms with Crippen molar-refractivity contribution in [3.05, 3.63) is 35.4 Å². The summed E-state index contributed by atoms with van der Waals surface area (Å²) in [5, 5.41) is 8.88. The number of methoxy groups -OCH3 is 1. The Hall–Kier alpha value is -1.42. The van der Waals surface area contributed by atoms with E-state index in [1.165, 1.54) is 0 Å². The highest BCUT2D eigenvalue weighted by Crippen LogP contribution is 2.10. The zero-order chi connectivity index (χ0) is 13.4. The van der Waals surface area contributed by atoms with Crippen LogP contribution < -0.4 is 4.72 Å². The van der Waals surface area contributed by atoms with Gasteiger partial charge in [0.25, 0.3) is 0 Å². The van der Waals surface area contributed by atoms with E-state index in [1.54, 1.807) is 31.4 Å². The molecule has 5 nitrogen and oxygen atoms in total. The molecule has 0 saturated heterocycles. The fourth-order valence-electron chi connectivity index (χ4n) is 1.46. The molecule has 0 bridgehead atoms. The van der Waals surface area contributed by atoms with Crippen molar-refractivity contribution in [3.63, 3.8) is 0 Å². The lowest BCUT2D eigenvalue weighted by Gasteiger charge is -2.07. The van der Waals surface area contributed by atoms with Crippen molar-refractivity contribution >= 4 is 10.0 Å². The second-order valence-electron chi connectivity index (χ2n) is 3.77. The first kappa shape index (κ1) is 14.6. The minimum Gasteiger partial charge on any atom is -0.385 e. The van der Waals surface area contributed by atoms with Crippen molar-refractivity contribution in [3.8, 4) is 6.07 Å². The number of ether oxygens (including phenoxy) is 1. The summed E-state index contributed by atoms with van der Waals surface area (Å²) >= 11 is 0. The van der Waals surface area contributed by atoms with Gasteiger partial charge in [0.2, 0.25) is 10.0 Å². The van der Waals surface area contributed by atoms with E-state index in [2.05, 4.69) is 4.72 Å². The van der Waals surface area contributed by atoms with E-state index in [1.807, 2.05) is 6.07 Å². The number of nitriles is 1. The number of hydrogen-bond donors (Lipinski definition) is 1. The molecular weight excluding hydrogens is 252 g/mol. The molecule has 6 heteroatoms. The SMILES string of the molecule is COCCCNS(=O)(=O)Cc1ccccc1C#N. The molecule has 0 radical (unpaired) electrons. The molecular formula is C12H16N2O3S. The lowest BCUT2D eigenvalue weighted by Crippen LogP contribution is -2.27. The van der Waals surface area contributed by atoms with Crippen LogP contribution in [0.3, 0.4) is 0 Å². The molecule has 98 valence electrons. The standard InChI is InChI=1S/C12H16N2O3S/c1-17-8-4-7-14-18(15,16)10-12-6-3-2-5-11(12)9-13/h2-3,5-6,14H,4,7-8,10H2,1H3. The summed E-state index contributed by atoms with van der Waals surface area (Å²) in [6.45, 7) is 0.849. The molecule has 1 rings (SSSR count). The van der Waals surface area contributed by atoms with E-state index in [0.717, 1.165) is 0 Å². The van der Waals surface area contributed by atoms with Gasteiger partial charge in [0, 0.05) is 20.3 Å². The Bertz CT molecular complexity index is 520. The van der Waals surface area contributed by atoms with Crippen LogP contribution in [0.1, 0.15) is 17.5 Å². The fourth-order valence-corrected chi connectivity index (χ4v) is 2.67. The molecule has 0 aliphatic rings. The highest BCUT2D eigenvalue weighted by molar-refractivity contribution is 7.88. The molecule has 0 spiro atoms. The number of rotatable bonds is 7. The lowest BCUT2D eigenvalue weighted by atomic mass is 10.1. The van der Waals surface area contributed by atoms with Crippen LogP contribution >= 0.6 is 0 Å². The van der Waals surface area contributed by atoms with Crippen LogP contribution in [-0.2, 0) is 20.5 Å². The largest absolute Gasteiger partial charge is 0.385 e. The van der Waals surface area contributed by atoms with Gasteiger partial charge in [-0.25, -0.2) is 13.1 Å². The summed E-state index contributed by atoms with van der Waals surface area (Å²) in [6.07, 6.45) is 0.621. The molecule has 0 unspecified atom stereocenters. The highest BCUT2D eigenvalue weighted by atomic mass is 32.2. The summed E-state index contributed by atoms with van der Waals surface area (Å²) in [6, 6.07) is 8.66. The zero-order valence-corrected chi connectivity index (χ0v) is 11.0. The molecule has 0 aliphatic carbocycles. The van der Waals surface area contributed by atoms with E-state index in [4.69, 9.17) is 10.00 Å². The minimum absolute atomic E-state index is 0.177. The Kier molecular flexibility index (Phi) is 5.78. The minimum atomic E-state index is -3.40. The summed E-state index contributed by atoms with van der Waals surface area (Å²) in [5.74, 6) is -0.177. The van der Waals surface area contributed by atoms with E-state index >= 15 is 0 Å². The second kappa shape index (κ2) is 7.11. The average molecular weight is 268 g/mol. The van der Waals surface area contributed by atoms with Crippen molar-refractivity contribution in [2.24, 2.45) is 0 Å². The Balaban J connectivity index is 2.63. The van der Waals surface area contributed by atoms with Crippen LogP contribution in [0.15, 0.2) is 24.3 Å². The second-order valence-corrected chi connectivity index (χ2v) is 5.58. The number of nitrogens with zero attached hydrogens (tertiary/aromatic N) is 1. The maximum absolute atomic E-state index is 11.8. The Morgan fingerprint density at radius 3 is 2.78 bits per heavy atom. The van der Waals surface area contributed by atoms with Crippen LogP contribution in [-0.4, -0.2) is 28.7 Å². The molecule has 0 amide bonds. The van der Waals surface area contributed by atoms with E-state index in [-0.39, 0.29) is 5.75 Å². The fraction of sp³-hybridized carbons (Fsp3) is 0.417. The third-order valence-electron chi connectivity index (χ3n) is 2.33. The normalized spacial score (nSPS) is 11.1. The van der Waals surface area contributed by atoms with Crippen molar-refractivity contribution < 1.29 is 13.2 Å². The number of nitrogens with one attached hydrogen (secondary N) is 1. The van der Waals surface area contributed by atoms with Gasteiger partial charge < -0.3 is 4.74 Å². The van der Waals surface area contributed by atoms with Gasteiger partial charge in [0.1, 0.15) is 0 Å². The van der Waals surface area contributed by atoms with Crippen LogP contribution in [0.2, 0.25) is 0 Å². The highest BCUT2D eigenvalue weighted by Gasteiger charge is 2.13. The van der Waals surface area contributed by atoms with Crippen molar-refractivity contribution in [1.29, 1.82) is 5.26 Å². The Morgan fingerprint density at radius 2 is 2.11 bits per heavy atom. The molecule has 0 aliphatic heterocycles. The van der Waals surface area contributed by atoms with Gasteiger partial charge in [0.15, 0.2) is 0 Å². The quantitative estimate of drug-likeness (QED) is 0.749. The number of sulfonamides is 1. The summed E-state index contributed by atoms with van der Waals surface area (Å²) in [4.78, 5) is 0. The molecule has 0 aromatic heterocycles. The third kappa shape index (κ3) is 4.84. The zero-order valence-electron chi connectivity index (χ0n) is 10.2. The summed E-state index contributed by atoms with van der Waals surface area (Å²) in [5.41, 5.74) is 0.902. The van der Waals surface area contributed by atoms with Gasteiger partial charge in [0.05, 0.1) is 17.4 Å². The molecule has 0 atom stereocenters. The van der Waals surface area contributed by atoms with E-state index < -0.39 is 10.0 Å². The third-order valence-corrected chi connectivity index (χ3v) is 3.67. The maximum atomic E-state index is 11.8. The number of benzene rings is 1. The van der Waals surface area contributed by atoms with Crippen molar-refractivity contribution in [1.82, 2.24) is 4.72 Å². The lowest BCUT2D eigenvalue weighted by molar-refractivity contribution is 0.196. The topological polar surface area (TPSA) is 79.2 Å². The summed E-state index contributed by atoms with van der Waals surface area (Å²) < 4.78 is 30.8. The molecule has 0 heterocycles. The van der Waals surface area contributed by atoms with Gasteiger partial charge in [-0.2, -0.15) is 5.26 Å². The average Bonchev–Trinajstić information content (AvgIpc) is 2.35. The van der Waals surface area contributed by atoms with E-state index in [0.29, 0.717) is 30.7 Å². The van der Waals surface area contributed by atoms with Crippen LogP contribution in [0.5, 0.6) is 0 Å². The molecule has 1 aromatic rings. The molecule has 0 fully saturated rings. The molecule has 0 saturated carbocycles. The smallest absolute Gasteiger partial charge is 0.215 e. The first-order valence-corrected chi connectivity index (χ1v) is 7.18. The van der Waals surface area contributed by atoms with Gasteiger partial charge in [-0.15, -0.1) is 0 Å². The summed E-state index contributed by atoms with van der Waals surface area (Å²) in [7, 11) is -1.84. The van der Waals surface area contributed by atoms with Crippen molar-refractivity contribution in [2.45, 2.75) is 12.2 Å². The predicted molar refractivity (Wildman–Crippen MR) is 68.3 cm³/mol. The van der Waals surface area contributed by atoms with Crippen molar-refractivity contribution in [2.75, 3.05) is 20.3 Å².